The highest BCUT2D eigenvalue weighted by Crippen LogP contribution is 2.47. The van der Waals surface area contributed by atoms with Crippen molar-refractivity contribution in [3.05, 3.63) is 131 Å². The van der Waals surface area contributed by atoms with Gasteiger partial charge in [-0.15, -0.1) is 20.4 Å². The number of halogens is 1. The van der Waals surface area contributed by atoms with Crippen LogP contribution in [0.3, 0.4) is 0 Å². The van der Waals surface area contributed by atoms with Gasteiger partial charge < -0.3 is 30.4 Å². The molecule has 0 spiro atoms. The first-order valence-corrected chi connectivity index (χ1v) is 25.8. The molecule has 2 saturated carbocycles. The molecule has 25 heteroatoms. The molecule has 6 N–H and O–H groups in total. The van der Waals surface area contributed by atoms with Crippen LogP contribution in [0.2, 0.25) is 0 Å². The van der Waals surface area contributed by atoms with Crippen LogP contribution in [0.5, 0.6) is 0 Å². The van der Waals surface area contributed by atoms with Crippen LogP contribution in [-0.4, -0.2) is 131 Å². The van der Waals surface area contributed by atoms with E-state index >= 15 is 0 Å². The number of nitrogen functional groups attached to an aromatic ring is 2. The number of nitrogens with one attached hydrogen (secondary N) is 2. The Morgan fingerprint density at radius 3 is 1.60 bits per heavy atom. The van der Waals surface area contributed by atoms with Crippen LogP contribution in [-0.2, 0) is 30.1 Å². The second-order valence-corrected chi connectivity index (χ2v) is 19.7. The van der Waals surface area contributed by atoms with Crippen LogP contribution in [0, 0.1) is 3.57 Å². The molecule has 0 aliphatic heterocycles. The second-order valence-electron chi connectivity index (χ2n) is 18.6. The minimum Gasteiger partial charge on any atom is -0.384 e. The van der Waals surface area contributed by atoms with Crippen LogP contribution in [0.25, 0.3) is 44.9 Å². The summed E-state index contributed by atoms with van der Waals surface area (Å²) in [5, 5.41) is 47.8. The van der Waals surface area contributed by atoms with Gasteiger partial charge in [-0.1, -0.05) is 46.8 Å². The summed E-state index contributed by atoms with van der Waals surface area (Å²) in [5.41, 5.74) is 20.8. The largest absolute Gasteiger partial charge is 0.384 e. The van der Waals surface area contributed by atoms with E-state index in [-0.39, 0.29) is 11.8 Å². The fourth-order valence-electron chi connectivity index (χ4n) is 10.2. The standard InChI is InChI=1S/C25H27IN10O2.C25H28N10O2/c1-37-11-12-38-25(24-31-33-34-32-24)9-7-16(8-10-25)21-20(26)22(27)36-23(30-21)19(14-29-36)17-13-28-35(15-17)18-5-3-2-4-6-18;1-36-11-12-37-25(24-30-32-33-31-24)9-7-17(8-10-25)21-13-22(26)35-23(29-21)20(15-28-35)18-14-27-34(16-18)19-5-3-2-4-6-19/h2-6,13-16H,7-12,27H2,1H3,(H,31,32,33,34);2-6,13-17H,7-12,26H2,1H3,(H,30,31,32,33). The van der Waals surface area contributed by atoms with E-state index in [1.165, 1.54) is 0 Å². The van der Waals surface area contributed by atoms with Gasteiger partial charge in [0.1, 0.15) is 22.8 Å². The number of nitrogens with zero attached hydrogens (tertiary/aromatic N) is 16. The van der Waals surface area contributed by atoms with Gasteiger partial charge in [-0.3, -0.25) is 0 Å². The third-order valence-electron chi connectivity index (χ3n) is 14.2. The molecule has 2 aromatic carbocycles. The molecule has 2 aliphatic carbocycles. The molecule has 12 rings (SSSR count). The van der Waals surface area contributed by atoms with E-state index < -0.39 is 11.2 Å². The molecule has 8 heterocycles. The molecule has 75 heavy (non-hydrogen) atoms. The predicted octanol–water partition coefficient (Wildman–Crippen LogP) is 6.39. The number of fused-ring (bicyclic) bond motifs is 2. The zero-order valence-corrected chi connectivity index (χ0v) is 43.4. The molecule has 10 aromatic rings. The van der Waals surface area contributed by atoms with Crippen molar-refractivity contribution in [3.63, 3.8) is 0 Å². The molecule has 0 saturated heterocycles. The van der Waals surface area contributed by atoms with Crippen molar-refractivity contribution in [2.75, 3.05) is 52.1 Å². The third kappa shape index (κ3) is 9.95. The van der Waals surface area contributed by atoms with Crippen molar-refractivity contribution >= 4 is 45.5 Å². The van der Waals surface area contributed by atoms with Crippen LogP contribution in [0.15, 0.2) is 104 Å². The molecule has 8 aromatic heterocycles. The van der Waals surface area contributed by atoms with Crippen molar-refractivity contribution in [1.82, 2.24) is 90.0 Å². The average Bonchev–Trinajstić information content (AvgIpc) is 4.33. The lowest BCUT2D eigenvalue weighted by atomic mass is 9.77. The molecule has 0 unspecified atom stereocenters. The Hall–Kier alpha value is -7.59. The average molecular weight is 1130 g/mol. The minimum atomic E-state index is -0.600. The van der Waals surface area contributed by atoms with Crippen LogP contribution in [0.4, 0.5) is 11.6 Å². The van der Waals surface area contributed by atoms with Crippen molar-refractivity contribution in [1.29, 1.82) is 0 Å². The topological polar surface area (TPSA) is 294 Å². The van der Waals surface area contributed by atoms with Gasteiger partial charge in [-0.05, 0) is 98.2 Å². The number of anilines is 2. The summed E-state index contributed by atoms with van der Waals surface area (Å²) < 4.78 is 30.9. The maximum absolute atomic E-state index is 6.59. The Kier molecular flexibility index (Phi) is 14.4. The fourth-order valence-corrected chi connectivity index (χ4v) is 11.0. The van der Waals surface area contributed by atoms with Crippen molar-refractivity contribution < 1.29 is 18.9 Å². The zero-order valence-electron chi connectivity index (χ0n) is 41.3. The summed E-state index contributed by atoms with van der Waals surface area (Å²) in [4.78, 5) is 10.2. The first-order valence-electron chi connectivity index (χ1n) is 24.7. The number of H-pyrrole nitrogens is 2. The summed E-state index contributed by atoms with van der Waals surface area (Å²) in [7, 11) is 3.32. The molecule has 2 fully saturated rings. The second kappa shape index (κ2) is 21.7. The lowest BCUT2D eigenvalue weighted by molar-refractivity contribution is -0.0979. The van der Waals surface area contributed by atoms with E-state index in [1.807, 2.05) is 101 Å². The summed E-state index contributed by atoms with van der Waals surface area (Å²) in [5.74, 6) is 2.71. The van der Waals surface area contributed by atoms with Crippen LogP contribution < -0.4 is 11.5 Å². The van der Waals surface area contributed by atoms with Gasteiger partial charge >= 0.3 is 0 Å². The third-order valence-corrected chi connectivity index (χ3v) is 15.3. The molecular weight excluding hydrogens is 1070 g/mol. The van der Waals surface area contributed by atoms with Crippen molar-refractivity contribution in [2.24, 2.45) is 0 Å². The van der Waals surface area contributed by atoms with Crippen molar-refractivity contribution in [3.8, 4) is 33.6 Å². The Bertz CT molecular complexity index is 3450. The number of rotatable bonds is 16. The number of ether oxygens (including phenoxy) is 4. The Labute approximate surface area is 443 Å². The summed E-state index contributed by atoms with van der Waals surface area (Å²) in [6, 6.07) is 21.9. The highest BCUT2D eigenvalue weighted by Gasteiger charge is 2.44. The molecule has 0 atom stereocenters. The number of aromatic amines is 2. The van der Waals surface area contributed by atoms with E-state index in [9.17, 15) is 0 Å². The number of benzene rings is 2. The van der Waals surface area contributed by atoms with E-state index in [0.29, 0.717) is 55.4 Å². The van der Waals surface area contributed by atoms with Gasteiger partial charge in [0, 0.05) is 72.5 Å². The molecule has 0 amide bonds. The minimum absolute atomic E-state index is 0.204. The van der Waals surface area contributed by atoms with Crippen LogP contribution >= 0.6 is 22.6 Å². The normalized spacial score (nSPS) is 19.9. The molecule has 2 aliphatic rings. The van der Waals surface area contributed by atoms with Gasteiger partial charge in [0.2, 0.25) is 11.6 Å². The molecule has 0 radical (unpaired) electrons. The van der Waals surface area contributed by atoms with Gasteiger partial charge in [-0.25, -0.2) is 19.3 Å². The lowest BCUT2D eigenvalue weighted by Gasteiger charge is -2.37. The molecule has 386 valence electrons. The SMILES string of the molecule is COCCOC1(c2nn[nH]n2)CCC(c2cc(N)n3ncc(-c4cnn(-c5ccccc5)c4)c3n2)CC1.COCCOC1(c2nn[nH]n2)CCC(c2nc3c(-c4cnn(-c5ccccc5)c4)cnn3c(N)c2I)CC1. The first kappa shape index (κ1) is 49.6. The Balaban J connectivity index is 0.000000161. The Morgan fingerprint density at radius 1 is 0.613 bits per heavy atom. The van der Waals surface area contributed by atoms with E-state index in [0.717, 1.165) is 106 Å². The highest BCUT2D eigenvalue weighted by atomic mass is 127. The Morgan fingerprint density at radius 2 is 1.11 bits per heavy atom. The fraction of sp³-hybridized carbons (Fsp3) is 0.360. The summed E-state index contributed by atoms with van der Waals surface area (Å²) in [6.07, 6.45) is 17.5. The van der Waals surface area contributed by atoms with Crippen LogP contribution in [0.1, 0.15) is 86.2 Å². The maximum atomic E-state index is 6.59. The molecule has 24 nitrogen and oxygen atoms in total. The highest BCUT2D eigenvalue weighted by molar-refractivity contribution is 14.1. The number of tetrazole rings is 2. The number of hydrogen-bond donors (Lipinski definition) is 4. The quantitative estimate of drug-likeness (QED) is 0.0602. The van der Waals surface area contributed by atoms with Gasteiger partial charge in [-0.2, -0.15) is 39.9 Å². The maximum Gasteiger partial charge on any atom is 0.206 e. The van der Waals surface area contributed by atoms with E-state index in [4.69, 9.17) is 40.4 Å². The van der Waals surface area contributed by atoms with E-state index in [1.54, 1.807) is 35.6 Å². The zero-order chi connectivity index (χ0) is 51.4. The lowest BCUT2D eigenvalue weighted by Crippen LogP contribution is -2.37. The van der Waals surface area contributed by atoms with Gasteiger partial charge in [0.05, 0.1) is 71.9 Å². The van der Waals surface area contributed by atoms with E-state index in [2.05, 4.69) is 84.2 Å². The molecular formula is C50H55IN20O4. The number of hydrogen-bond acceptors (Lipinski definition) is 18. The van der Waals surface area contributed by atoms with Gasteiger partial charge in [0.25, 0.3) is 0 Å². The first-order chi connectivity index (χ1) is 36.8. The summed E-state index contributed by atoms with van der Waals surface area (Å²) in [6.45, 7) is 1.92. The number of methoxy groups -OCH3 is 2. The smallest absolute Gasteiger partial charge is 0.206 e. The molecule has 0 bridgehead atoms. The van der Waals surface area contributed by atoms with Crippen molar-refractivity contribution in [2.45, 2.75) is 74.4 Å². The predicted molar refractivity (Wildman–Crippen MR) is 282 cm³/mol. The number of aromatic nitrogens is 18. The monoisotopic (exact) mass is 1130 g/mol. The number of nitrogens with two attached hydrogens (primary N) is 2. The van der Waals surface area contributed by atoms with Gasteiger partial charge in [0.15, 0.2) is 11.3 Å². The number of para-hydroxylation sites is 2. The summed E-state index contributed by atoms with van der Waals surface area (Å²) >= 11 is 2.29.